The van der Waals surface area contributed by atoms with E-state index < -0.39 is 24.0 Å². The largest absolute Gasteiger partial charge is 0.465 e. The van der Waals surface area contributed by atoms with Crippen LogP contribution in [0, 0.1) is 11.3 Å². The summed E-state index contributed by atoms with van der Waals surface area (Å²) in [6.07, 6.45) is -2.02. The maximum absolute atomic E-state index is 13.3. The highest BCUT2D eigenvalue weighted by molar-refractivity contribution is 6.00. The third-order valence-corrected chi connectivity index (χ3v) is 5.29. The molecule has 0 radical (unpaired) electrons. The Kier molecular flexibility index (Phi) is 7.49. The van der Waals surface area contributed by atoms with Gasteiger partial charge in [0.2, 0.25) is 0 Å². The highest BCUT2D eigenvalue weighted by Crippen LogP contribution is 2.26. The molecule has 1 atom stereocenters. The van der Waals surface area contributed by atoms with Gasteiger partial charge in [0.15, 0.2) is 0 Å². The lowest BCUT2D eigenvalue weighted by atomic mass is 9.98. The quantitative estimate of drug-likeness (QED) is 0.363. The van der Waals surface area contributed by atoms with Crippen LogP contribution in [0.25, 0.3) is 16.9 Å². The Labute approximate surface area is 200 Å². The minimum atomic E-state index is -2.95. The van der Waals surface area contributed by atoms with Gasteiger partial charge in [-0.2, -0.15) is 10.4 Å². The number of amides is 2. The summed E-state index contributed by atoms with van der Waals surface area (Å²) in [7, 11) is 0. The fourth-order valence-corrected chi connectivity index (χ4v) is 3.46. The van der Waals surface area contributed by atoms with E-state index in [1.807, 2.05) is 25.2 Å². The van der Waals surface area contributed by atoms with Gasteiger partial charge in [-0.15, -0.1) is 0 Å². The first-order valence-electron chi connectivity index (χ1n) is 10.8. The zero-order valence-corrected chi connectivity index (χ0v) is 19.3. The second-order valence-electron chi connectivity index (χ2n) is 8.48. The summed E-state index contributed by atoms with van der Waals surface area (Å²) in [6, 6.07) is 8.98. The Morgan fingerprint density at radius 3 is 2.63 bits per heavy atom. The van der Waals surface area contributed by atoms with Crippen molar-refractivity contribution in [3.8, 4) is 17.5 Å². The van der Waals surface area contributed by atoms with E-state index in [2.05, 4.69) is 20.7 Å². The number of carbonyl (C=O) groups excluding carboxylic acids is 1. The molecule has 0 bridgehead atoms. The first kappa shape index (κ1) is 25.4. The van der Waals surface area contributed by atoms with Gasteiger partial charge in [0, 0.05) is 18.8 Å². The maximum Gasteiger partial charge on any atom is 0.405 e. The van der Waals surface area contributed by atoms with E-state index in [4.69, 9.17) is 10.4 Å². The van der Waals surface area contributed by atoms with E-state index in [-0.39, 0.29) is 24.6 Å². The lowest BCUT2D eigenvalue weighted by Crippen LogP contribution is -2.52. The number of nitriles is 1. The molecule has 0 aliphatic heterocycles. The molecule has 3 heterocycles. The van der Waals surface area contributed by atoms with Crippen LogP contribution in [0.1, 0.15) is 43.1 Å². The predicted molar refractivity (Wildman–Crippen MR) is 124 cm³/mol. The summed E-state index contributed by atoms with van der Waals surface area (Å²) in [5.74, 6) is -0.545. The third kappa shape index (κ3) is 5.81. The van der Waals surface area contributed by atoms with Crippen LogP contribution in [0.3, 0.4) is 0 Å². The van der Waals surface area contributed by atoms with Crippen LogP contribution in [0.2, 0.25) is 0 Å². The number of carbonyl (C=O) groups is 2. The van der Waals surface area contributed by atoms with Gasteiger partial charge >= 0.3 is 6.09 Å². The number of fused-ring (bicyclic) bond motifs is 1. The standard InChI is InChI=1S/C23H25F2N7O3/c1-13(2)30-17-9-18(19-5-4-15-8-14(10-26)11-29-32(15)19)28-12-16(17)20(33)27-7-6-23(3,21(24)25)31-22(34)35/h4-5,8-9,11-13,21,31H,6-7H2,1-3H3,(H,27,33)(H,28,30)(H,34,35). The Balaban J connectivity index is 1.84. The minimum absolute atomic E-state index is 0.0286. The molecule has 184 valence electrons. The van der Waals surface area contributed by atoms with Crippen LogP contribution >= 0.6 is 0 Å². The van der Waals surface area contributed by atoms with Gasteiger partial charge in [0.1, 0.15) is 11.6 Å². The number of nitrogens with one attached hydrogen (secondary N) is 3. The van der Waals surface area contributed by atoms with Crippen molar-refractivity contribution >= 4 is 23.2 Å². The van der Waals surface area contributed by atoms with Gasteiger partial charge in [0.05, 0.1) is 39.9 Å². The Hall–Kier alpha value is -4.27. The molecule has 0 saturated heterocycles. The van der Waals surface area contributed by atoms with Crippen molar-refractivity contribution < 1.29 is 23.5 Å². The van der Waals surface area contributed by atoms with Crippen LogP contribution in [0.15, 0.2) is 36.7 Å². The van der Waals surface area contributed by atoms with Crippen LogP contribution in [-0.2, 0) is 0 Å². The van der Waals surface area contributed by atoms with Crippen molar-refractivity contribution in [2.75, 3.05) is 11.9 Å². The number of pyridine rings is 1. The predicted octanol–water partition coefficient (Wildman–Crippen LogP) is 3.50. The van der Waals surface area contributed by atoms with Crippen molar-refractivity contribution in [2.45, 2.75) is 45.2 Å². The molecule has 2 amide bonds. The van der Waals surface area contributed by atoms with E-state index >= 15 is 0 Å². The Morgan fingerprint density at radius 2 is 2.00 bits per heavy atom. The number of halogens is 2. The number of anilines is 1. The summed E-state index contributed by atoms with van der Waals surface area (Å²) in [5.41, 5.74) is 0.978. The molecule has 0 aliphatic rings. The molecule has 35 heavy (non-hydrogen) atoms. The van der Waals surface area contributed by atoms with E-state index in [9.17, 15) is 18.4 Å². The summed E-state index contributed by atoms with van der Waals surface area (Å²) >= 11 is 0. The molecule has 1 unspecified atom stereocenters. The van der Waals surface area contributed by atoms with E-state index in [0.29, 0.717) is 28.2 Å². The zero-order valence-electron chi connectivity index (χ0n) is 19.3. The van der Waals surface area contributed by atoms with Crippen molar-refractivity contribution in [3.63, 3.8) is 0 Å². The van der Waals surface area contributed by atoms with Gasteiger partial charge in [-0.25, -0.2) is 18.1 Å². The first-order valence-corrected chi connectivity index (χ1v) is 10.8. The molecule has 0 aliphatic carbocycles. The minimum Gasteiger partial charge on any atom is -0.465 e. The van der Waals surface area contributed by atoms with Crippen LogP contribution < -0.4 is 16.0 Å². The topological polar surface area (TPSA) is 144 Å². The fraction of sp³-hybridized carbons (Fsp3) is 0.348. The van der Waals surface area contributed by atoms with Gasteiger partial charge in [0.25, 0.3) is 12.3 Å². The number of aromatic nitrogens is 3. The Bertz CT molecular complexity index is 1290. The number of hydrogen-bond donors (Lipinski definition) is 4. The monoisotopic (exact) mass is 485 g/mol. The zero-order chi connectivity index (χ0) is 25.8. The van der Waals surface area contributed by atoms with E-state index in [1.54, 1.807) is 28.8 Å². The van der Waals surface area contributed by atoms with Gasteiger partial charge in [-0.1, -0.05) is 0 Å². The molecule has 3 rings (SSSR count). The van der Waals surface area contributed by atoms with Gasteiger partial charge in [-0.3, -0.25) is 9.78 Å². The second-order valence-corrected chi connectivity index (χ2v) is 8.48. The highest BCUT2D eigenvalue weighted by Gasteiger charge is 2.36. The number of carboxylic acid groups (broad SMARTS) is 1. The lowest BCUT2D eigenvalue weighted by molar-refractivity contribution is 0.0358. The molecule has 3 aromatic rings. The van der Waals surface area contributed by atoms with E-state index in [0.717, 1.165) is 6.92 Å². The molecule has 12 heteroatoms. The van der Waals surface area contributed by atoms with Crippen molar-refractivity contribution in [1.82, 2.24) is 25.2 Å². The normalized spacial score (nSPS) is 12.9. The molecule has 0 saturated carbocycles. The molecule has 10 nitrogen and oxygen atoms in total. The molecule has 4 N–H and O–H groups in total. The van der Waals surface area contributed by atoms with Crippen molar-refractivity contribution in [1.29, 1.82) is 5.26 Å². The third-order valence-electron chi connectivity index (χ3n) is 5.29. The van der Waals surface area contributed by atoms with Crippen LogP contribution in [-0.4, -0.2) is 56.3 Å². The van der Waals surface area contributed by atoms with Gasteiger partial charge in [-0.05, 0) is 51.5 Å². The molecule has 3 aromatic heterocycles. The smallest absolute Gasteiger partial charge is 0.405 e. The molecular formula is C23H25F2N7O3. The summed E-state index contributed by atoms with van der Waals surface area (Å²) in [5, 5.41) is 29.7. The Morgan fingerprint density at radius 1 is 1.26 bits per heavy atom. The fourth-order valence-electron chi connectivity index (χ4n) is 3.46. The number of rotatable bonds is 9. The van der Waals surface area contributed by atoms with Gasteiger partial charge < -0.3 is 21.1 Å². The lowest BCUT2D eigenvalue weighted by Gasteiger charge is -2.28. The number of nitrogens with zero attached hydrogens (tertiary/aromatic N) is 4. The van der Waals surface area contributed by atoms with E-state index in [1.165, 1.54) is 12.4 Å². The number of alkyl halides is 2. The van der Waals surface area contributed by atoms with Crippen LogP contribution in [0.5, 0.6) is 0 Å². The molecular weight excluding hydrogens is 460 g/mol. The summed E-state index contributed by atoms with van der Waals surface area (Å²) in [4.78, 5) is 28.1. The molecule has 0 aromatic carbocycles. The summed E-state index contributed by atoms with van der Waals surface area (Å²) in [6.45, 7) is 4.68. The SMILES string of the molecule is CC(C)Nc1cc(-c2ccc3cc(C#N)cnn23)ncc1C(=O)NCCC(C)(NC(=O)O)C(F)F. The number of hydrogen-bond acceptors (Lipinski definition) is 6. The maximum atomic E-state index is 13.3. The van der Waals surface area contributed by atoms with Crippen molar-refractivity contribution in [2.24, 2.45) is 0 Å². The molecule has 0 fully saturated rings. The second kappa shape index (κ2) is 10.3. The van der Waals surface area contributed by atoms with Crippen molar-refractivity contribution in [3.05, 3.63) is 47.8 Å². The summed E-state index contributed by atoms with van der Waals surface area (Å²) < 4.78 is 28.3. The average molecular weight is 485 g/mol. The highest BCUT2D eigenvalue weighted by atomic mass is 19.3. The molecule has 0 spiro atoms. The van der Waals surface area contributed by atoms with Crippen LogP contribution in [0.4, 0.5) is 19.3 Å². The first-order chi connectivity index (χ1) is 16.5. The average Bonchev–Trinajstić information content (AvgIpc) is 3.21.